The lowest BCUT2D eigenvalue weighted by molar-refractivity contribution is -0.385. The number of nitro groups is 1. The second kappa shape index (κ2) is 8.24. The molecule has 0 spiro atoms. The van der Waals surface area contributed by atoms with Crippen LogP contribution in [0.25, 0.3) is 0 Å². The molecule has 0 fully saturated rings. The van der Waals surface area contributed by atoms with E-state index >= 15 is 0 Å². The van der Waals surface area contributed by atoms with E-state index in [1.54, 1.807) is 12.1 Å². The standard InChI is InChI=1S/C13H19BrN2O3/c1-2-3-6-15(7-8-17)10-11-4-5-12(14)13(9-11)16(18)19/h4-5,9,17H,2-3,6-8,10H2,1H3. The zero-order valence-corrected chi connectivity index (χ0v) is 12.6. The van der Waals surface area contributed by atoms with E-state index in [1.807, 2.05) is 6.07 Å². The number of hydrogen-bond donors (Lipinski definition) is 1. The third kappa shape index (κ3) is 5.26. The van der Waals surface area contributed by atoms with Crippen molar-refractivity contribution in [3.8, 4) is 0 Å². The first-order valence-electron chi connectivity index (χ1n) is 6.34. The molecule has 0 aliphatic carbocycles. The fourth-order valence-electron chi connectivity index (χ4n) is 1.85. The predicted octanol–water partition coefficient (Wildman–Crippen LogP) is 2.95. The lowest BCUT2D eigenvalue weighted by Gasteiger charge is -2.21. The van der Waals surface area contributed by atoms with Gasteiger partial charge < -0.3 is 5.11 Å². The van der Waals surface area contributed by atoms with Gasteiger partial charge in [-0.1, -0.05) is 19.4 Å². The molecule has 0 bridgehead atoms. The Bertz CT molecular complexity index is 426. The highest BCUT2D eigenvalue weighted by molar-refractivity contribution is 9.10. The summed E-state index contributed by atoms with van der Waals surface area (Å²) < 4.78 is 0.489. The van der Waals surface area contributed by atoms with Crippen molar-refractivity contribution in [2.24, 2.45) is 0 Å². The van der Waals surface area contributed by atoms with Crippen molar-refractivity contribution in [3.63, 3.8) is 0 Å². The topological polar surface area (TPSA) is 66.6 Å². The fourth-order valence-corrected chi connectivity index (χ4v) is 2.24. The Labute approximate surface area is 121 Å². The van der Waals surface area contributed by atoms with Gasteiger partial charge in [0.2, 0.25) is 0 Å². The Morgan fingerprint density at radius 3 is 2.74 bits per heavy atom. The molecule has 0 heterocycles. The van der Waals surface area contributed by atoms with Crippen molar-refractivity contribution in [2.45, 2.75) is 26.3 Å². The molecular weight excluding hydrogens is 312 g/mol. The largest absolute Gasteiger partial charge is 0.395 e. The van der Waals surface area contributed by atoms with E-state index in [1.165, 1.54) is 0 Å². The Kier molecular flexibility index (Phi) is 6.97. The van der Waals surface area contributed by atoms with Gasteiger partial charge in [-0.2, -0.15) is 0 Å². The van der Waals surface area contributed by atoms with E-state index in [-0.39, 0.29) is 12.3 Å². The van der Waals surface area contributed by atoms with Crippen LogP contribution in [0, 0.1) is 10.1 Å². The van der Waals surface area contributed by atoms with E-state index in [4.69, 9.17) is 5.11 Å². The molecule has 1 N–H and O–H groups in total. The summed E-state index contributed by atoms with van der Waals surface area (Å²) in [5, 5.41) is 19.9. The van der Waals surface area contributed by atoms with Crippen LogP contribution in [0.3, 0.4) is 0 Å². The molecule has 0 radical (unpaired) electrons. The molecule has 0 amide bonds. The van der Waals surface area contributed by atoms with E-state index < -0.39 is 4.92 Å². The van der Waals surface area contributed by atoms with E-state index in [2.05, 4.69) is 27.8 Å². The van der Waals surface area contributed by atoms with Crippen LogP contribution in [0.15, 0.2) is 22.7 Å². The third-order valence-electron chi connectivity index (χ3n) is 2.86. The normalized spacial score (nSPS) is 10.9. The van der Waals surface area contributed by atoms with Gasteiger partial charge in [0.25, 0.3) is 5.69 Å². The van der Waals surface area contributed by atoms with Crippen LogP contribution in [0.4, 0.5) is 5.69 Å². The maximum atomic E-state index is 10.9. The van der Waals surface area contributed by atoms with Crippen LogP contribution >= 0.6 is 15.9 Å². The molecule has 106 valence electrons. The first-order valence-corrected chi connectivity index (χ1v) is 7.13. The van der Waals surface area contributed by atoms with Gasteiger partial charge in [0.1, 0.15) is 0 Å². The molecule has 1 rings (SSSR count). The zero-order chi connectivity index (χ0) is 14.3. The number of aliphatic hydroxyl groups excluding tert-OH is 1. The molecule has 0 atom stereocenters. The third-order valence-corrected chi connectivity index (χ3v) is 3.53. The lowest BCUT2D eigenvalue weighted by Crippen LogP contribution is -2.27. The number of hydrogen-bond acceptors (Lipinski definition) is 4. The maximum Gasteiger partial charge on any atom is 0.283 e. The Morgan fingerprint density at radius 2 is 2.16 bits per heavy atom. The molecule has 0 unspecified atom stereocenters. The molecular formula is C13H19BrN2O3. The minimum atomic E-state index is -0.393. The van der Waals surface area contributed by atoms with Crippen LogP contribution in [-0.2, 0) is 6.54 Å². The van der Waals surface area contributed by atoms with Gasteiger partial charge in [-0.25, -0.2) is 0 Å². The van der Waals surface area contributed by atoms with Gasteiger partial charge in [-0.05, 0) is 40.5 Å². The number of nitrogens with zero attached hydrogens (tertiary/aromatic N) is 2. The Balaban J connectivity index is 2.78. The van der Waals surface area contributed by atoms with Crippen molar-refractivity contribution >= 4 is 21.6 Å². The van der Waals surface area contributed by atoms with E-state index in [9.17, 15) is 10.1 Å². The van der Waals surface area contributed by atoms with Gasteiger partial charge >= 0.3 is 0 Å². The summed E-state index contributed by atoms with van der Waals surface area (Å²) in [4.78, 5) is 12.6. The van der Waals surface area contributed by atoms with Crippen LogP contribution in [-0.4, -0.2) is 34.6 Å². The highest BCUT2D eigenvalue weighted by Crippen LogP contribution is 2.26. The molecule has 19 heavy (non-hydrogen) atoms. The minimum Gasteiger partial charge on any atom is -0.395 e. The molecule has 1 aromatic carbocycles. The molecule has 0 saturated heterocycles. The number of nitro benzene ring substituents is 1. The summed E-state index contributed by atoms with van der Waals surface area (Å²) in [6.07, 6.45) is 2.14. The summed E-state index contributed by atoms with van der Waals surface area (Å²) in [5.41, 5.74) is 0.969. The molecule has 0 saturated carbocycles. The SMILES string of the molecule is CCCCN(CCO)Cc1ccc(Br)c([N+](=O)[O-])c1. The van der Waals surface area contributed by atoms with Crippen molar-refractivity contribution in [1.82, 2.24) is 4.90 Å². The summed E-state index contributed by atoms with van der Waals surface area (Å²) >= 11 is 3.17. The molecule has 1 aromatic rings. The first kappa shape index (κ1) is 16.1. The van der Waals surface area contributed by atoms with Gasteiger partial charge in [0, 0.05) is 19.2 Å². The maximum absolute atomic E-state index is 10.9. The molecule has 0 aliphatic rings. The molecule has 5 nitrogen and oxygen atoms in total. The highest BCUT2D eigenvalue weighted by Gasteiger charge is 2.13. The lowest BCUT2D eigenvalue weighted by atomic mass is 10.2. The van der Waals surface area contributed by atoms with Gasteiger partial charge in [-0.3, -0.25) is 15.0 Å². The average Bonchev–Trinajstić information content (AvgIpc) is 2.38. The van der Waals surface area contributed by atoms with Crippen LogP contribution in [0.1, 0.15) is 25.3 Å². The van der Waals surface area contributed by atoms with Crippen molar-refractivity contribution in [3.05, 3.63) is 38.3 Å². The first-order chi connectivity index (χ1) is 9.08. The monoisotopic (exact) mass is 330 g/mol. The quantitative estimate of drug-likeness (QED) is 0.587. The number of unbranched alkanes of at least 4 members (excludes halogenated alkanes) is 1. The van der Waals surface area contributed by atoms with Crippen LogP contribution < -0.4 is 0 Å². The number of halogens is 1. The van der Waals surface area contributed by atoms with Gasteiger partial charge in [0.15, 0.2) is 0 Å². The van der Waals surface area contributed by atoms with Crippen LogP contribution in [0.2, 0.25) is 0 Å². The Hall–Kier alpha value is -0.980. The second-order valence-electron chi connectivity index (χ2n) is 4.40. The molecule has 0 aromatic heterocycles. The van der Waals surface area contributed by atoms with E-state index in [0.29, 0.717) is 17.6 Å². The number of aliphatic hydroxyl groups is 1. The van der Waals surface area contributed by atoms with Crippen LogP contribution in [0.5, 0.6) is 0 Å². The molecule has 6 heteroatoms. The summed E-state index contributed by atoms with van der Waals surface area (Å²) in [5.74, 6) is 0. The van der Waals surface area contributed by atoms with Crippen molar-refractivity contribution in [2.75, 3.05) is 19.7 Å². The second-order valence-corrected chi connectivity index (χ2v) is 5.25. The average molecular weight is 331 g/mol. The summed E-state index contributed by atoms with van der Waals surface area (Å²) in [7, 11) is 0. The van der Waals surface area contributed by atoms with Gasteiger partial charge in [0.05, 0.1) is 16.0 Å². The fraction of sp³-hybridized carbons (Fsp3) is 0.538. The smallest absolute Gasteiger partial charge is 0.283 e. The highest BCUT2D eigenvalue weighted by atomic mass is 79.9. The van der Waals surface area contributed by atoms with Gasteiger partial charge in [-0.15, -0.1) is 0 Å². The van der Waals surface area contributed by atoms with Crippen molar-refractivity contribution in [1.29, 1.82) is 0 Å². The Morgan fingerprint density at radius 1 is 1.42 bits per heavy atom. The van der Waals surface area contributed by atoms with E-state index in [0.717, 1.165) is 24.9 Å². The summed E-state index contributed by atoms with van der Waals surface area (Å²) in [6, 6.07) is 5.15. The molecule has 0 aliphatic heterocycles. The number of rotatable bonds is 8. The minimum absolute atomic E-state index is 0.0805. The predicted molar refractivity (Wildman–Crippen MR) is 78.1 cm³/mol. The zero-order valence-electron chi connectivity index (χ0n) is 11.0. The summed E-state index contributed by atoms with van der Waals surface area (Å²) in [6.45, 7) is 4.31. The van der Waals surface area contributed by atoms with Crippen molar-refractivity contribution < 1.29 is 10.0 Å². The number of benzene rings is 1.